The van der Waals surface area contributed by atoms with Gasteiger partial charge in [0.25, 0.3) is 10.0 Å². The Hall–Kier alpha value is -1.84. The molecule has 102 valence electrons. The minimum Gasteiger partial charge on any atom is -0.343 e. The minimum atomic E-state index is -3.63. The molecule has 0 spiro atoms. The van der Waals surface area contributed by atoms with E-state index in [1.165, 1.54) is 18.7 Å². The molecule has 9 heteroatoms. The van der Waals surface area contributed by atoms with Gasteiger partial charge in [0.2, 0.25) is 6.39 Å². The molecule has 0 saturated carbocycles. The number of nitrogens with zero attached hydrogens (tertiary/aromatic N) is 3. The van der Waals surface area contributed by atoms with Gasteiger partial charge in [0.15, 0.2) is 10.9 Å². The molecule has 3 N–H and O–H groups in total. The van der Waals surface area contributed by atoms with Crippen LogP contribution in [0.3, 0.4) is 0 Å². The molecule has 0 atom stereocenters. The lowest BCUT2D eigenvalue weighted by atomic mass is 10.3. The fourth-order valence-corrected chi connectivity index (χ4v) is 2.32. The molecular formula is C10H13N5O3S. The maximum absolute atomic E-state index is 11.9. The molecule has 19 heavy (non-hydrogen) atoms. The maximum Gasteiger partial charge on any atom is 0.258 e. The summed E-state index contributed by atoms with van der Waals surface area (Å²) < 4.78 is 30.7. The van der Waals surface area contributed by atoms with Gasteiger partial charge in [-0.2, -0.15) is 4.98 Å². The number of nitrogens with one attached hydrogen (secondary N) is 1. The molecular weight excluding hydrogens is 270 g/mol. The molecule has 2 aromatic heterocycles. The molecule has 0 bridgehead atoms. The Morgan fingerprint density at radius 2 is 2.16 bits per heavy atom. The number of pyridine rings is 1. The lowest BCUT2D eigenvalue weighted by Crippen LogP contribution is -2.27. The van der Waals surface area contributed by atoms with Crippen LogP contribution in [0.15, 0.2) is 34.3 Å². The third kappa shape index (κ3) is 3.56. The van der Waals surface area contributed by atoms with Crippen LogP contribution >= 0.6 is 0 Å². The van der Waals surface area contributed by atoms with Crippen LogP contribution in [0.4, 0.5) is 0 Å². The first-order valence-electron chi connectivity index (χ1n) is 5.52. The summed E-state index contributed by atoms with van der Waals surface area (Å²) in [7, 11) is -3.63. The monoisotopic (exact) mass is 283 g/mol. The molecule has 0 unspecified atom stereocenters. The van der Waals surface area contributed by atoms with Gasteiger partial charge in [0.05, 0.1) is 0 Å². The number of hydrogen-bond donors (Lipinski definition) is 2. The van der Waals surface area contributed by atoms with E-state index in [0.717, 1.165) is 5.56 Å². The first-order chi connectivity index (χ1) is 9.12. The van der Waals surface area contributed by atoms with Gasteiger partial charge in [-0.3, -0.25) is 0 Å². The first-order valence-corrected chi connectivity index (χ1v) is 7.00. The normalized spacial score (nSPS) is 11.6. The molecule has 0 aromatic carbocycles. The Labute approximate surface area is 110 Å². The zero-order chi connectivity index (χ0) is 13.7. The summed E-state index contributed by atoms with van der Waals surface area (Å²) in [5.41, 5.74) is 6.18. The summed E-state index contributed by atoms with van der Waals surface area (Å²) in [6, 6.07) is 3.04. The van der Waals surface area contributed by atoms with Crippen molar-refractivity contribution in [1.29, 1.82) is 0 Å². The van der Waals surface area contributed by atoms with Crippen molar-refractivity contribution in [3.05, 3.63) is 36.1 Å². The summed E-state index contributed by atoms with van der Waals surface area (Å²) in [6.45, 7) is 0.487. The van der Waals surface area contributed by atoms with E-state index in [0.29, 0.717) is 18.8 Å². The van der Waals surface area contributed by atoms with Crippen LogP contribution in [0.2, 0.25) is 0 Å². The highest BCUT2D eigenvalue weighted by Gasteiger charge is 2.15. The average Bonchev–Trinajstić information content (AvgIpc) is 2.92. The van der Waals surface area contributed by atoms with Gasteiger partial charge >= 0.3 is 0 Å². The largest absolute Gasteiger partial charge is 0.343 e. The van der Waals surface area contributed by atoms with Crippen LogP contribution in [0.25, 0.3) is 0 Å². The third-order valence-corrected chi connectivity index (χ3v) is 3.73. The quantitative estimate of drug-likeness (QED) is 0.728. The van der Waals surface area contributed by atoms with Crippen LogP contribution in [0, 0.1) is 0 Å². The van der Waals surface area contributed by atoms with E-state index in [-0.39, 0.29) is 11.6 Å². The fraction of sp³-hybridized carbons (Fsp3) is 0.300. The average molecular weight is 283 g/mol. The molecule has 0 fully saturated rings. The number of sulfonamides is 1. The Morgan fingerprint density at radius 1 is 1.32 bits per heavy atom. The van der Waals surface area contributed by atoms with E-state index in [1.54, 1.807) is 6.07 Å². The van der Waals surface area contributed by atoms with E-state index in [4.69, 9.17) is 5.73 Å². The Kier molecular flexibility index (Phi) is 4.20. The van der Waals surface area contributed by atoms with Gasteiger partial charge in [-0.05, 0) is 11.6 Å². The molecule has 0 aliphatic heterocycles. The molecule has 2 aromatic rings. The Bertz CT molecular complexity index is 609. The Morgan fingerprint density at radius 3 is 2.74 bits per heavy atom. The second-order valence-electron chi connectivity index (χ2n) is 3.70. The molecule has 0 aliphatic rings. The van der Waals surface area contributed by atoms with Crippen LogP contribution in [0.1, 0.15) is 11.4 Å². The summed E-state index contributed by atoms with van der Waals surface area (Å²) in [5.74, 6) is 0.439. The van der Waals surface area contributed by atoms with Crippen LogP contribution < -0.4 is 10.5 Å². The second-order valence-corrected chi connectivity index (χ2v) is 5.42. The number of nitrogens with two attached hydrogens (primary N) is 1. The number of aromatic nitrogens is 3. The molecule has 0 radical (unpaired) electrons. The summed E-state index contributed by atoms with van der Waals surface area (Å²) in [6.07, 6.45) is 2.97. The summed E-state index contributed by atoms with van der Waals surface area (Å²) >= 11 is 0. The predicted molar refractivity (Wildman–Crippen MR) is 65.3 cm³/mol. The highest BCUT2D eigenvalue weighted by molar-refractivity contribution is 7.89. The van der Waals surface area contributed by atoms with Crippen molar-refractivity contribution in [2.75, 3.05) is 6.54 Å². The zero-order valence-corrected chi connectivity index (χ0v) is 10.8. The van der Waals surface area contributed by atoms with Crippen LogP contribution in [-0.4, -0.2) is 30.1 Å². The van der Waals surface area contributed by atoms with Crippen LogP contribution in [-0.2, 0) is 23.0 Å². The SMILES string of the molecule is NCc1ccc(S(=O)(=O)NCCc2ncon2)nc1. The number of hydrogen-bond acceptors (Lipinski definition) is 7. The second kappa shape index (κ2) is 5.87. The van der Waals surface area contributed by atoms with E-state index >= 15 is 0 Å². The topological polar surface area (TPSA) is 124 Å². The first kappa shape index (κ1) is 13.6. The maximum atomic E-state index is 11.9. The van der Waals surface area contributed by atoms with Crippen molar-refractivity contribution in [2.24, 2.45) is 5.73 Å². The molecule has 0 aliphatic carbocycles. The standard InChI is InChI=1S/C10H13N5O3S/c11-5-8-1-2-10(12-6-8)19(16,17)14-4-3-9-13-7-18-15-9/h1-2,6-7,14H,3-5,11H2. The van der Waals surface area contributed by atoms with Crippen LogP contribution in [0.5, 0.6) is 0 Å². The van der Waals surface area contributed by atoms with Gasteiger partial charge in [-0.15, -0.1) is 0 Å². The van der Waals surface area contributed by atoms with Crippen molar-refractivity contribution in [2.45, 2.75) is 18.0 Å². The lowest BCUT2D eigenvalue weighted by molar-refractivity contribution is 0.409. The molecule has 0 saturated heterocycles. The fourth-order valence-electron chi connectivity index (χ4n) is 1.36. The lowest BCUT2D eigenvalue weighted by Gasteiger charge is -2.05. The molecule has 2 rings (SSSR count). The van der Waals surface area contributed by atoms with Gasteiger partial charge in [-0.25, -0.2) is 18.1 Å². The molecule has 2 heterocycles. The van der Waals surface area contributed by atoms with Crippen molar-refractivity contribution < 1.29 is 12.9 Å². The van der Waals surface area contributed by atoms with Crippen molar-refractivity contribution in [1.82, 2.24) is 19.8 Å². The van der Waals surface area contributed by atoms with E-state index < -0.39 is 10.0 Å². The van der Waals surface area contributed by atoms with Gasteiger partial charge in [0, 0.05) is 25.7 Å². The van der Waals surface area contributed by atoms with Gasteiger partial charge < -0.3 is 10.3 Å². The smallest absolute Gasteiger partial charge is 0.258 e. The molecule has 0 amide bonds. The Balaban J connectivity index is 1.97. The zero-order valence-electron chi connectivity index (χ0n) is 9.98. The van der Waals surface area contributed by atoms with E-state index in [9.17, 15) is 8.42 Å². The van der Waals surface area contributed by atoms with E-state index in [1.807, 2.05) is 0 Å². The highest BCUT2D eigenvalue weighted by atomic mass is 32.2. The number of rotatable bonds is 6. The van der Waals surface area contributed by atoms with Gasteiger partial charge in [0.1, 0.15) is 0 Å². The predicted octanol–water partition coefficient (Wildman–Crippen LogP) is -0.556. The summed E-state index contributed by atoms with van der Waals surface area (Å²) in [4.78, 5) is 7.65. The van der Waals surface area contributed by atoms with Crippen molar-refractivity contribution >= 4 is 10.0 Å². The van der Waals surface area contributed by atoms with Gasteiger partial charge in [-0.1, -0.05) is 11.2 Å². The van der Waals surface area contributed by atoms with Crippen molar-refractivity contribution in [3.63, 3.8) is 0 Å². The third-order valence-electron chi connectivity index (χ3n) is 2.36. The molecule has 8 nitrogen and oxygen atoms in total. The highest BCUT2D eigenvalue weighted by Crippen LogP contribution is 2.06. The van der Waals surface area contributed by atoms with Crippen molar-refractivity contribution in [3.8, 4) is 0 Å². The summed E-state index contributed by atoms with van der Waals surface area (Å²) in [5, 5.41) is 3.54. The minimum absolute atomic E-state index is 0.0437. The van der Waals surface area contributed by atoms with E-state index in [2.05, 4.69) is 24.4 Å².